The fourth-order valence-corrected chi connectivity index (χ4v) is 8.70. The van der Waals surface area contributed by atoms with E-state index in [2.05, 4.69) is 63.8 Å². The van der Waals surface area contributed by atoms with Crippen molar-refractivity contribution in [3.8, 4) is 39.4 Å². The van der Waals surface area contributed by atoms with Gasteiger partial charge in [-0.1, -0.05) is 74.5 Å². The van der Waals surface area contributed by atoms with Gasteiger partial charge in [0.15, 0.2) is 0 Å². The number of alkyl carbamates (subject to hydrolysis) is 1. The number of benzene rings is 4. The van der Waals surface area contributed by atoms with Gasteiger partial charge in [-0.3, -0.25) is 9.69 Å². The molecule has 0 saturated carbocycles. The van der Waals surface area contributed by atoms with Crippen molar-refractivity contribution in [2.45, 2.75) is 70.9 Å². The molecular formula is C46H47N7O6. The van der Waals surface area contributed by atoms with Gasteiger partial charge in [0, 0.05) is 29.6 Å². The van der Waals surface area contributed by atoms with E-state index in [0.29, 0.717) is 19.7 Å². The molecule has 0 aliphatic carbocycles. The first-order chi connectivity index (χ1) is 28.7. The highest BCUT2D eigenvalue weighted by Crippen LogP contribution is 2.44. The summed E-state index contributed by atoms with van der Waals surface area (Å²) in [7, 11) is 1.30. The molecule has 5 heterocycles. The molecule has 59 heavy (non-hydrogen) atoms. The van der Waals surface area contributed by atoms with Gasteiger partial charge in [-0.25, -0.2) is 19.6 Å². The zero-order valence-corrected chi connectivity index (χ0v) is 33.4. The van der Waals surface area contributed by atoms with E-state index in [1.807, 2.05) is 61.5 Å². The summed E-state index contributed by atoms with van der Waals surface area (Å²) in [4.78, 5) is 58.7. The van der Waals surface area contributed by atoms with E-state index in [9.17, 15) is 14.4 Å². The standard InChI is InChI=1S/C46H47N7O6/c1-27(2)40(51-45(55)57-3)44(54)52-19-7-11-38(52)42-47-24-37(49-42)31-14-16-33-32(22-31)26-58-41-34-17-15-30(21-29(34)13-18-35(33)41)36-23-48-43(50-36)39-12-8-20-53(39)46(56)59-25-28-9-5-4-6-10-28/h4-6,9-10,13-18,21-24,27,38-40H,7-8,11-12,19-20,25-26H2,1-3H3,(H,47,49)(H,48,50)(H,51,55)/t38-,39-,40-/m0/s1. The third kappa shape index (κ3) is 7.37. The maximum Gasteiger partial charge on any atom is 0.410 e. The zero-order chi connectivity index (χ0) is 40.6. The van der Waals surface area contributed by atoms with E-state index in [1.165, 1.54) is 7.11 Å². The summed E-state index contributed by atoms with van der Waals surface area (Å²) in [6.07, 6.45) is 6.04. The van der Waals surface area contributed by atoms with Gasteiger partial charge >= 0.3 is 12.2 Å². The Hall–Kier alpha value is -6.63. The maximum absolute atomic E-state index is 13.6. The van der Waals surface area contributed by atoms with Crippen molar-refractivity contribution < 1.29 is 28.6 Å². The number of carbonyl (C=O) groups excluding carboxylic acids is 3. The second kappa shape index (κ2) is 16.0. The minimum absolute atomic E-state index is 0.107. The number of aromatic amines is 2. The Morgan fingerprint density at radius 3 is 2.20 bits per heavy atom. The van der Waals surface area contributed by atoms with Crippen molar-refractivity contribution >= 4 is 28.9 Å². The quantitative estimate of drug-likeness (QED) is 0.131. The lowest BCUT2D eigenvalue weighted by Crippen LogP contribution is -2.51. The third-order valence-corrected chi connectivity index (χ3v) is 11.8. The molecule has 2 aromatic heterocycles. The highest BCUT2D eigenvalue weighted by molar-refractivity contribution is 5.98. The summed E-state index contributed by atoms with van der Waals surface area (Å²) in [6, 6.07) is 25.6. The molecular weight excluding hydrogens is 747 g/mol. The summed E-state index contributed by atoms with van der Waals surface area (Å²) < 4.78 is 16.9. The van der Waals surface area contributed by atoms with Gasteiger partial charge < -0.3 is 34.4 Å². The van der Waals surface area contributed by atoms with Gasteiger partial charge in [0.25, 0.3) is 0 Å². The molecule has 0 radical (unpaired) electrons. The van der Waals surface area contributed by atoms with Crippen LogP contribution in [0.15, 0.2) is 91.3 Å². The fourth-order valence-electron chi connectivity index (χ4n) is 8.70. The number of hydrogen-bond acceptors (Lipinski definition) is 8. The normalized spacial score (nSPS) is 17.7. The van der Waals surface area contributed by atoms with E-state index in [4.69, 9.17) is 24.2 Å². The SMILES string of the molecule is COC(=O)N[C@H](C(=O)N1CCC[C@H]1c1ncc(-c2ccc3c(c2)COc2c-3ccc3cc(-c4cnc([C@@H]5CCCN5C(=O)OCc5ccccc5)[nH]4)ccc23)[nH]1)C(C)C. The molecule has 3 N–H and O–H groups in total. The van der Waals surface area contributed by atoms with Crippen LogP contribution in [-0.4, -0.2) is 74.1 Å². The molecule has 2 saturated heterocycles. The van der Waals surface area contributed by atoms with Crippen LogP contribution in [0, 0.1) is 5.92 Å². The molecule has 302 valence electrons. The number of hydrogen-bond donors (Lipinski definition) is 3. The molecule has 3 aliphatic rings. The number of nitrogens with one attached hydrogen (secondary N) is 3. The van der Waals surface area contributed by atoms with Crippen molar-refractivity contribution in [1.29, 1.82) is 0 Å². The lowest BCUT2D eigenvalue weighted by molar-refractivity contribution is -0.135. The predicted molar refractivity (Wildman–Crippen MR) is 222 cm³/mol. The van der Waals surface area contributed by atoms with Crippen LogP contribution in [0.2, 0.25) is 0 Å². The predicted octanol–water partition coefficient (Wildman–Crippen LogP) is 8.70. The van der Waals surface area contributed by atoms with Crippen LogP contribution in [-0.2, 0) is 27.5 Å². The number of carbonyl (C=O) groups is 3. The molecule has 2 fully saturated rings. The average molecular weight is 794 g/mol. The first-order valence-corrected chi connectivity index (χ1v) is 20.3. The second-order valence-corrected chi connectivity index (χ2v) is 15.8. The van der Waals surface area contributed by atoms with Crippen molar-refractivity contribution in [1.82, 2.24) is 35.1 Å². The number of amides is 3. The number of fused-ring (bicyclic) bond motifs is 5. The summed E-state index contributed by atoms with van der Waals surface area (Å²) in [5, 5.41) is 4.79. The van der Waals surface area contributed by atoms with E-state index < -0.39 is 12.1 Å². The third-order valence-electron chi connectivity index (χ3n) is 11.8. The molecule has 9 rings (SSSR count). The van der Waals surface area contributed by atoms with Crippen molar-refractivity contribution in [3.63, 3.8) is 0 Å². The number of imidazole rings is 2. The van der Waals surface area contributed by atoms with E-state index in [-0.39, 0.29) is 36.6 Å². The van der Waals surface area contributed by atoms with Gasteiger partial charge in [0.1, 0.15) is 36.7 Å². The Morgan fingerprint density at radius 2 is 1.49 bits per heavy atom. The Labute approximate surface area is 342 Å². The molecule has 6 aromatic rings. The van der Waals surface area contributed by atoms with Crippen LogP contribution in [0.4, 0.5) is 9.59 Å². The molecule has 13 nitrogen and oxygen atoms in total. The summed E-state index contributed by atoms with van der Waals surface area (Å²) in [6.45, 7) is 5.69. The minimum Gasteiger partial charge on any atom is -0.488 e. The topological polar surface area (TPSA) is 155 Å². The molecule has 0 unspecified atom stereocenters. The second-order valence-electron chi connectivity index (χ2n) is 15.8. The Kier molecular flexibility index (Phi) is 10.3. The molecule has 0 spiro atoms. The summed E-state index contributed by atoms with van der Waals surface area (Å²) in [5.74, 6) is 2.09. The molecule has 4 aromatic carbocycles. The van der Waals surface area contributed by atoms with Gasteiger partial charge in [-0.05, 0) is 77.4 Å². The number of nitrogens with zero attached hydrogens (tertiary/aromatic N) is 4. The van der Waals surface area contributed by atoms with Gasteiger partial charge in [-0.15, -0.1) is 0 Å². The van der Waals surface area contributed by atoms with E-state index in [1.54, 1.807) is 4.90 Å². The summed E-state index contributed by atoms with van der Waals surface area (Å²) >= 11 is 0. The number of ether oxygens (including phenoxy) is 3. The lowest BCUT2D eigenvalue weighted by atomic mass is 9.92. The lowest BCUT2D eigenvalue weighted by Gasteiger charge is -2.30. The molecule has 13 heteroatoms. The van der Waals surface area contributed by atoms with Gasteiger partial charge in [0.05, 0.1) is 43.0 Å². The van der Waals surface area contributed by atoms with Crippen LogP contribution >= 0.6 is 0 Å². The van der Waals surface area contributed by atoms with Crippen LogP contribution in [0.5, 0.6) is 5.75 Å². The van der Waals surface area contributed by atoms with Gasteiger partial charge in [-0.2, -0.15) is 0 Å². The summed E-state index contributed by atoms with van der Waals surface area (Å²) in [5.41, 5.74) is 7.90. The molecule has 0 bridgehead atoms. The van der Waals surface area contributed by atoms with Crippen LogP contribution in [0.3, 0.4) is 0 Å². The average Bonchev–Trinajstić information content (AvgIpc) is 4.11. The van der Waals surface area contributed by atoms with E-state index in [0.717, 1.165) is 98.6 Å². The highest BCUT2D eigenvalue weighted by atomic mass is 16.6. The largest absolute Gasteiger partial charge is 0.488 e. The Bertz CT molecular complexity index is 2530. The number of likely N-dealkylation sites (tertiary alicyclic amines) is 2. The first-order valence-electron chi connectivity index (χ1n) is 20.3. The van der Waals surface area contributed by atoms with Crippen LogP contribution < -0.4 is 10.1 Å². The Morgan fingerprint density at radius 1 is 0.831 bits per heavy atom. The smallest absolute Gasteiger partial charge is 0.410 e. The number of H-pyrrole nitrogens is 2. The zero-order valence-electron chi connectivity index (χ0n) is 33.4. The molecule has 3 atom stereocenters. The van der Waals surface area contributed by atoms with Crippen molar-refractivity contribution in [3.05, 3.63) is 114 Å². The minimum atomic E-state index is -0.691. The van der Waals surface area contributed by atoms with Gasteiger partial charge in [0.2, 0.25) is 5.91 Å². The maximum atomic E-state index is 13.6. The monoisotopic (exact) mass is 793 g/mol. The van der Waals surface area contributed by atoms with Crippen molar-refractivity contribution in [2.75, 3.05) is 20.2 Å². The number of aromatic nitrogens is 4. The molecule has 3 amide bonds. The van der Waals surface area contributed by atoms with Crippen molar-refractivity contribution in [2.24, 2.45) is 5.92 Å². The van der Waals surface area contributed by atoms with E-state index >= 15 is 0 Å². The Balaban J connectivity index is 0.899. The molecule has 3 aliphatic heterocycles. The number of rotatable bonds is 9. The highest BCUT2D eigenvalue weighted by Gasteiger charge is 2.38. The van der Waals surface area contributed by atoms with Crippen LogP contribution in [0.25, 0.3) is 44.4 Å². The number of methoxy groups -OCH3 is 1. The fraction of sp³-hybridized carbons (Fsp3) is 0.326. The van der Waals surface area contributed by atoms with Crippen LogP contribution in [0.1, 0.15) is 74.4 Å². The first kappa shape index (κ1) is 37.9.